The van der Waals surface area contributed by atoms with Gasteiger partial charge in [-0.3, -0.25) is 0 Å². The number of halogens is 1. The molecule has 0 saturated heterocycles. The zero-order chi connectivity index (χ0) is 10.9. The second-order valence-corrected chi connectivity index (χ2v) is 3.15. The van der Waals surface area contributed by atoms with Crippen molar-refractivity contribution in [2.24, 2.45) is 0 Å². The molecular weight excluding hydrogens is 208 g/mol. The maximum Gasteiger partial charge on any atom is 0.345 e. The first-order valence-electron chi connectivity index (χ1n) is 3.78. The van der Waals surface area contributed by atoms with E-state index in [9.17, 15) is 15.0 Å². The summed E-state index contributed by atoms with van der Waals surface area (Å²) in [4.78, 5) is 11.2. The number of benzene rings is 1. The summed E-state index contributed by atoms with van der Waals surface area (Å²) in [6.07, 6.45) is 0. The number of esters is 1. The first-order valence-corrected chi connectivity index (χ1v) is 4.16. The molecule has 76 valence electrons. The lowest BCUT2D eigenvalue weighted by Crippen LogP contribution is -2.03. The van der Waals surface area contributed by atoms with Gasteiger partial charge in [-0.05, 0) is 18.6 Å². The average Bonchev–Trinajstić information content (AvgIpc) is 2.15. The van der Waals surface area contributed by atoms with Crippen LogP contribution in [0.2, 0.25) is 5.02 Å². The van der Waals surface area contributed by atoms with E-state index in [1.165, 1.54) is 6.07 Å². The van der Waals surface area contributed by atoms with Crippen molar-refractivity contribution in [3.05, 3.63) is 22.2 Å². The molecule has 5 heteroatoms. The van der Waals surface area contributed by atoms with Gasteiger partial charge >= 0.3 is 5.97 Å². The van der Waals surface area contributed by atoms with Crippen molar-refractivity contribution in [3.8, 4) is 11.5 Å². The minimum atomic E-state index is -0.828. The minimum Gasteiger partial charge on any atom is -0.507 e. The van der Waals surface area contributed by atoms with Crippen LogP contribution in [0.1, 0.15) is 15.9 Å². The molecule has 0 bridgehead atoms. The van der Waals surface area contributed by atoms with E-state index in [2.05, 4.69) is 4.74 Å². The first kappa shape index (κ1) is 10.7. The van der Waals surface area contributed by atoms with Crippen LogP contribution in [0.5, 0.6) is 11.5 Å². The summed E-state index contributed by atoms with van der Waals surface area (Å²) >= 11 is 5.62. The Kier molecular flexibility index (Phi) is 2.86. The topological polar surface area (TPSA) is 66.8 Å². The van der Waals surface area contributed by atoms with Crippen LogP contribution in [0.25, 0.3) is 0 Å². The van der Waals surface area contributed by atoms with E-state index >= 15 is 0 Å². The lowest BCUT2D eigenvalue weighted by molar-refractivity contribution is 0.0594. The Morgan fingerprint density at radius 3 is 2.50 bits per heavy atom. The summed E-state index contributed by atoms with van der Waals surface area (Å²) in [6.45, 7) is 1.56. The van der Waals surface area contributed by atoms with Crippen LogP contribution >= 0.6 is 11.6 Å². The van der Waals surface area contributed by atoms with Gasteiger partial charge in [-0.1, -0.05) is 11.6 Å². The molecule has 1 rings (SSSR count). The van der Waals surface area contributed by atoms with Crippen molar-refractivity contribution < 1.29 is 19.7 Å². The number of carbonyl (C=O) groups excluding carboxylic acids is 1. The highest BCUT2D eigenvalue weighted by Gasteiger charge is 2.21. The standard InChI is InChI=1S/C9H9ClO4/c1-4-3-5(10)8(12)6(7(4)11)9(13)14-2/h3,11-12H,1-2H3. The maximum atomic E-state index is 11.2. The quantitative estimate of drug-likeness (QED) is 0.703. The van der Waals surface area contributed by atoms with Gasteiger partial charge in [0.2, 0.25) is 0 Å². The summed E-state index contributed by atoms with van der Waals surface area (Å²) in [5, 5.41) is 18.9. The van der Waals surface area contributed by atoms with Gasteiger partial charge in [-0.15, -0.1) is 0 Å². The van der Waals surface area contributed by atoms with Crippen molar-refractivity contribution in [1.29, 1.82) is 0 Å². The summed E-state index contributed by atoms with van der Waals surface area (Å²) in [7, 11) is 1.15. The number of hydrogen-bond donors (Lipinski definition) is 2. The Bertz CT molecular complexity index is 361. The molecular formula is C9H9ClO4. The highest BCUT2D eigenvalue weighted by molar-refractivity contribution is 6.32. The van der Waals surface area contributed by atoms with Gasteiger partial charge < -0.3 is 14.9 Å². The normalized spacial score (nSPS) is 9.93. The fraction of sp³-hybridized carbons (Fsp3) is 0.222. The van der Waals surface area contributed by atoms with Crippen LogP contribution in [0, 0.1) is 6.92 Å². The second kappa shape index (κ2) is 3.75. The van der Waals surface area contributed by atoms with Gasteiger partial charge in [0.05, 0.1) is 12.1 Å². The molecule has 2 N–H and O–H groups in total. The number of aromatic hydroxyl groups is 2. The number of methoxy groups -OCH3 is 1. The predicted octanol–water partition coefficient (Wildman–Crippen LogP) is 1.85. The molecule has 0 atom stereocenters. The maximum absolute atomic E-state index is 11.2. The molecule has 0 fully saturated rings. The van der Waals surface area contributed by atoms with Crippen LogP contribution in [0.15, 0.2) is 6.07 Å². The van der Waals surface area contributed by atoms with Gasteiger partial charge in [0.15, 0.2) is 5.75 Å². The van der Waals surface area contributed by atoms with Gasteiger partial charge in [0.25, 0.3) is 0 Å². The molecule has 0 saturated carbocycles. The zero-order valence-electron chi connectivity index (χ0n) is 7.67. The van der Waals surface area contributed by atoms with Crippen LogP contribution in [0.4, 0.5) is 0 Å². The van der Waals surface area contributed by atoms with E-state index in [1.807, 2.05) is 0 Å². The summed E-state index contributed by atoms with van der Waals surface area (Å²) in [5.41, 5.74) is 0.0886. The molecule has 0 radical (unpaired) electrons. The Morgan fingerprint density at radius 2 is 2.00 bits per heavy atom. The molecule has 0 spiro atoms. The fourth-order valence-electron chi connectivity index (χ4n) is 1.05. The number of aryl methyl sites for hydroxylation is 1. The molecule has 1 aromatic rings. The predicted molar refractivity (Wildman–Crippen MR) is 50.9 cm³/mol. The minimum absolute atomic E-state index is 0.000648. The number of hydrogen-bond acceptors (Lipinski definition) is 4. The van der Waals surface area contributed by atoms with Gasteiger partial charge in [0, 0.05) is 0 Å². The van der Waals surface area contributed by atoms with Gasteiger partial charge in [0.1, 0.15) is 11.3 Å². The summed E-state index contributed by atoms with van der Waals surface area (Å²) in [6, 6.07) is 1.36. The third-order valence-corrected chi connectivity index (χ3v) is 2.09. The van der Waals surface area contributed by atoms with Crippen LogP contribution < -0.4 is 0 Å². The molecule has 0 aliphatic rings. The smallest absolute Gasteiger partial charge is 0.345 e. The lowest BCUT2D eigenvalue weighted by Gasteiger charge is -2.08. The van der Waals surface area contributed by atoms with E-state index in [0.717, 1.165) is 7.11 Å². The number of rotatable bonds is 1. The Hall–Kier alpha value is -1.42. The average molecular weight is 217 g/mol. The molecule has 0 heterocycles. The van der Waals surface area contributed by atoms with Crippen molar-refractivity contribution in [2.75, 3.05) is 7.11 Å². The molecule has 0 aliphatic carbocycles. The molecule has 0 unspecified atom stereocenters. The molecule has 0 aromatic heterocycles. The van der Waals surface area contributed by atoms with Crippen molar-refractivity contribution in [3.63, 3.8) is 0 Å². The summed E-state index contributed by atoms with van der Waals surface area (Å²) in [5.74, 6) is -1.62. The molecule has 1 aromatic carbocycles. The first-order chi connectivity index (χ1) is 6.49. The monoisotopic (exact) mass is 216 g/mol. The zero-order valence-corrected chi connectivity index (χ0v) is 8.42. The number of phenols is 2. The third kappa shape index (κ3) is 1.61. The van der Waals surface area contributed by atoms with E-state index in [4.69, 9.17) is 11.6 Å². The number of ether oxygens (including phenoxy) is 1. The molecule has 0 amide bonds. The Labute approximate surface area is 85.7 Å². The summed E-state index contributed by atoms with van der Waals surface area (Å²) < 4.78 is 4.39. The highest BCUT2D eigenvalue weighted by Crippen LogP contribution is 2.36. The van der Waals surface area contributed by atoms with Gasteiger partial charge in [-0.2, -0.15) is 0 Å². The van der Waals surface area contributed by atoms with E-state index in [1.54, 1.807) is 6.92 Å². The van der Waals surface area contributed by atoms with Gasteiger partial charge in [-0.25, -0.2) is 4.79 Å². The molecule has 4 nitrogen and oxygen atoms in total. The number of carbonyl (C=O) groups is 1. The molecule has 0 aliphatic heterocycles. The van der Waals surface area contributed by atoms with E-state index in [-0.39, 0.29) is 16.3 Å². The van der Waals surface area contributed by atoms with Crippen LogP contribution in [0.3, 0.4) is 0 Å². The van der Waals surface area contributed by atoms with Crippen molar-refractivity contribution >= 4 is 17.6 Å². The lowest BCUT2D eigenvalue weighted by atomic mass is 10.1. The van der Waals surface area contributed by atoms with E-state index < -0.39 is 11.7 Å². The largest absolute Gasteiger partial charge is 0.507 e. The van der Waals surface area contributed by atoms with E-state index in [0.29, 0.717) is 5.56 Å². The molecule has 14 heavy (non-hydrogen) atoms. The Morgan fingerprint density at radius 1 is 1.43 bits per heavy atom. The Balaban J connectivity index is 3.47. The van der Waals surface area contributed by atoms with Crippen LogP contribution in [-0.2, 0) is 4.74 Å². The second-order valence-electron chi connectivity index (χ2n) is 2.74. The fourth-order valence-corrected chi connectivity index (χ4v) is 1.31. The van der Waals surface area contributed by atoms with Crippen molar-refractivity contribution in [1.82, 2.24) is 0 Å². The van der Waals surface area contributed by atoms with Crippen LogP contribution in [-0.4, -0.2) is 23.3 Å². The number of phenolic OH excluding ortho intramolecular Hbond substituents is 2. The SMILES string of the molecule is COC(=O)c1c(O)c(C)cc(Cl)c1O. The highest BCUT2D eigenvalue weighted by atomic mass is 35.5. The van der Waals surface area contributed by atoms with Crippen molar-refractivity contribution in [2.45, 2.75) is 6.92 Å². The third-order valence-electron chi connectivity index (χ3n) is 1.81.